The predicted octanol–water partition coefficient (Wildman–Crippen LogP) is 3.08. The molecule has 0 radical (unpaired) electrons. The summed E-state index contributed by atoms with van der Waals surface area (Å²) in [5, 5.41) is 14.7. The molecule has 4 rings (SSSR count). The molecule has 8 heteroatoms. The molecule has 0 unspecified atom stereocenters. The third-order valence-electron chi connectivity index (χ3n) is 5.01. The molecular weight excluding hydrogens is 368 g/mol. The van der Waals surface area contributed by atoms with Crippen molar-refractivity contribution in [1.29, 1.82) is 0 Å². The van der Waals surface area contributed by atoms with E-state index in [1.54, 1.807) is 25.4 Å². The number of pyridine rings is 1. The fraction of sp³-hybridized carbons (Fsp3) is 0.333. The van der Waals surface area contributed by atoms with E-state index in [1.165, 1.54) is 6.42 Å². The van der Waals surface area contributed by atoms with Gasteiger partial charge in [-0.3, -0.25) is 4.79 Å². The molecule has 3 heterocycles. The van der Waals surface area contributed by atoms with E-state index in [-0.39, 0.29) is 5.91 Å². The Morgan fingerprint density at radius 1 is 1.14 bits per heavy atom. The van der Waals surface area contributed by atoms with Gasteiger partial charge in [0.15, 0.2) is 5.82 Å². The maximum absolute atomic E-state index is 12.9. The molecule has 0 saturated carbocycles. The first-order chi connectivity index (χ1) is 14.3. The lowest BCUT2D eigenvalue weighted by Gasteiger charge is -2.13. The number of amides is 1. The largest absolute Gasteiger partial charge is 0.495 e. The van der Waals surface area contributed by atoms with E-state index in [1.807, 2.05) is 24.3 Å². The van der Waals surface area contributed by atoms with Crippen LogP contribution in [0.3, 0.4) is 0 Å². The monoisotopic (exact) mass is 392 g/mol. The van der Waals surface area contributed by atoms with Gasteiger partial charge >= 0.3 is 0 Å². The molecule has 0 bridgehead atoms. The van der Waals surface area contributed by atoms with Crippen molar-refractivity contribution < 1.29 is 9.53 Å². The molecule has 1 aliphatic rings. The van der Waals surface area contributed by atoms with Gasteiger partial charge in [0.25, 0.3) is 5.91 Å². The van der Waals surface area contributed by atoms with Crippen molar-refractivity contribution in [2.24, 2.45) is 0 Å². The van der Waals surface area contributed by atoms with E-state index in [4.69, 9.17) is 4.74 Å². The highest BCUT2D eigenvalue weighted by atomic mass is 16.5. The van der Waals surface area contributed by atoms with Crippen LogP contribution in [0.5, 0.6) is 5.75 Å². The van der Waals surface area contributed by atoms with E-state index in [0.29, 0.717) is 23.7 Å². The lowest BCUT2D eigenvalue weighted by Crippen LogP contribution is -2.26. The number of fused-ring (bicyclic) bond motifs is 1. The lowest BCUT2D eigenvalue weighted by atomic mass is 10.2. The Labute approximate surface area is 169 Å². The number of anilines is 2. The average Bonchev–Trinajstić information content (AvgIpc) is 2.98. The summed E-state index contributed by atoms with van der Waals surface area (Å²) < 4.78 is 7.50. The topological polar surface area (TPSA) is 94.0 Å². The van der Waals surface area contributed by atoms with Crippen molar-refractivity contribution in [3.8, 4) is 5.75 Å². The van der Waals surface area contributed by atoms with E-state index in [2.05, 4.69) is 30.4 Å². The molecule has 0 aliphatic carbocycles. The molecule has 1 aromatic carbocycles. The number of hydrogen-bond donors (Lipinski definition) is 2. The molecule has 0 saturated heterocycles. The molecule has 0 spiro atoms. The summed E-state index contributed by atoms with van der Waals surface area (Å²) in [6.07, 6.45) is 6.03. The van der Waals surface area contributed by atoms with E-state index >= 15 is 0 Å². The number of nitrogens with zero attached hydrogens (tertiary/aromatic N) is 4. The number of carbonyl (C=O) groups is 1. The highest BCUT2D eigenvalue weighted by Gasteiger charge is 2.17. The molecule has 1 aliphatic heterocycles. The Kier molecular flexibility index (Phi) is 5.69. The second-order valence-corrected chi connectivity index (χ2v) is 6.90. The SMILES string of the molecule is COc1ccccc1Nc1ncccc1C(=O)NCc1nnc2n1CCCCC2. The number of benzene rings is 1. The van der Waals surface area contributed by atoms with Crippen LogP contribution in [-0.2, 0) is 19.5 Å². The minimum Gasteiger partial charge on any atom is -0.495 e. The zero-order valence-corrected chi connectivity index (χ0v) is 16.4. The quantitative estimate of drug-likeness (QED) is 0.670. The van der Waals surface area contributed by atoms with Crippen LogP contribution in [0.15, 0.2) is 42.6 Å². The zero-order valence-electron chi connectivity index (χ0n) is 16.4. The molecule has 150 valence electrons. The molecular formula is C21H24N6O2. The molecule has 0 atom stereocenters. The van der Waals surface area contributed by atoms with Crippen LogP contribution in [-0.4, -0.2) is 32.8 Å². The summed E-state index contributed by atoms with van der Waals surface area (Å²) in [6.45, 7) is 1.23. The van der Waals surface area contributed by atoms with Crippen molar-refractivity contribution in [1.82, 2.24) is 25.1 Å². The van der Waals surface area contributed by atoms with Crippen LogP contribution in [0.25, 0.3) is 0 Å². The second-order valence-electron chi connectivity index (χ2n) is 6.90. The minimum atomic E-state index is -0.221. The van der Waals surface area contributed by atoms with Gasteiger partial charge < -0.3 is 19.9 Å². The Hall–Kier alpha value is -3.42. The van der Waals surface area contributed by atoms with Gasteiger partial charge in [0.05, 0.1) is 24.9 Å². The molecule has 2 aromatic heterocycles. The number of ether oxygens (including phenoxy) is 1. The Bertz CT molecular complexity index is 1000. The van der Waals surface area contributed by atoms with Gasteiger partial charge in [-0.15, -0.1) is 10.2 Å². The first-order valence-corrected chi connectivity index (χ1v) is 9.80. The first-order valence-electron chi connectivity index (χ1n) is 9.80. The smallest absolute Gasteiger partial charge is 0.255 e. The Balaban J connectivity index is 1.49. The zero-order chi connectivity index (χ0) is 20.1. The van der Waals surface area contributed by atoms with Gasteiger partial charge in [0.2, 0.25) is 0 Å². The van der Waals surface area contributed by atoms with Gasteiger partial charge in [-0.2, -0.15) is 0 Å². The molecule has 3 aromatic rings. The van der Waals surface area contributed by atoms with Crippen molar-refractivity contribution in [2.75, 3.05) is 12.4 Å². The maximum atomic E-state index is 12.9. The Morgan fingerprint density at radius 2 is 2.03 bits per heavy atom. The third kappa shape index (κ3) is 4.21. The molecule has 8 nitrogen and oxygen atoms in total. The number of aromatic nitrogens is 4. The summed E-state index contributed by atoms with van der Waals surface area (Å²) in [6, 6.07) is 11.0. The predicted molar refractivity (Wildman–Crippen MR) is 109 cm³/mol. The molecule has 29 heavy (non-hydrogen) atoms. The highest BCUT2D eigenvalue weighted by molar-refractivity contribution is 5.99. The fourth-order valence-corrected chi connectivity index (χ4v) is 3.49. The van der Waals surface area contributed by atoms with Gasteiger partial charge in [0, 0.05) is 19.2 Å². The second kappa shape index (κ2) is 8.72. The van der Waals surface area contributed by atoms with E-state index in [9.17, 15) is 4.79 Å². The fourth-order valence-electron chi connectivity index (χ4n) is 3.49. The third-order valence-corrected chi connectivity index (χ3v) is 5.01. The molecule has 0 fully saturated rings. The van der Waals surface area contributed by atoms with Crippen molar-refractivity contribution >= 4 is 17.4 Å². The summed E-state index contributed by atoms with van der Waals surface area (Å²) >= 11 is 0. The lowest BCUT2D eigenvalue weighted by molar-refractivity contribution is 0.0950. The number of rotatable bonds is 6. The number of hydrogen-bond acceptors (Lipinski definition) is 6. The highest BCUT2D eigenvalue weighted by Crippen LogP contribution is 2.27. The van der Waals surface area contributed by atoms with Gasteiger partial charge in [-0.1, -0.05) is 18.6 Å². The average molecular weight is 392 g/mol. The van der Waals surface area contributed by atoms with Crippen LogP contribution in [0, 0.1) is 0 Å². The van der Waals surface area contributed by atoms with Crippen LogP contribution in [0.4, 0.5) is 11.5 Å². The number of carbonyl (C=O) groups excluding carboxylic acids is 1. The van der Waals surface area contributed by atoms with E-state index < -0.39 is 0 Å². The normalized spacial score (nSPS) is 13.3. The standard InChI is InChI=1S/C21H24N6O2/c1-29-17-10-5-4-9-16(17)24-20-15(8-7-12-22-20)21(28)23-14-19-26-25-18-11-3-2-6-13-27(18)19/h4-5,7-10,12H,2-3,6,11,13-14H2,1H3,(H,22,24)(H,23,28). The maximum Gasteiger partial charge on any atom is 0.255 e. The first kappa shape index (κ1) is 18.9. The summed E-state index contributed by atoms with van der Waals surface area (Å²) in [5.74, 6) is 2.72. The van der Waals surface area contributed by atoms with Crippen LogP contribution >= 0.6 is 0 Å². The van der Waals surface area contributed by atoms with Gasteiger partial charge in [-0.25, -0.2) is 4.98 Å². The number of aryl methyl sites for hydroxylation is 1. The van der Waals surface area contributed by atoms with Crippen molar-refractivity contribution in [3.63, 3.8) is 0 Å². The summed E-state index contributed by atoms with van der Waals surface area (Å²) in [7, 11) is 1.61. The van der Waals surface area contributed by atoms with Crippen molar-refractivity contribution in [3.05, 3.63) is 59.8 Å². The van der Waals surface area contributed by atoms with Crippen molar-refractivity contribution in [2.45, 2.75) is 38.8 Å². The summed E-state index contributed by atoms with van der Waals surface area (Å²) in [4.78, 5) is 17.2. The number of para-hydroxylation sites is 2. The minimum absolute atomic E-state index is 0.221. The van der Waals surface area contributed by atoms with Gasteiger partial charge in [-0.05, 0) is 37.1 Å². The van der Waals surface area contributed by atoms with Crippen LogP contribution in [0.2, 0.25) is 0 Å². The number of nitrogens with one attached hydrogen (secondary N) is 2. The van der Waals surface area contributed by atoms with E-state index in [0.717, 1.165) is 43.1 Å². The van der Waals surface area contributed by atoms with Crippen LogP contribution < -0.4 is 15.4 Å². The Morgan fingerprint density at radius 3 is 2.93 bits per heavy atom. The summed E-state index contributed by atoms with van der Waals surface area (Å²) in [5.41, 5.74) is 1.19. The molecule has 1 amide bonds. The van der Waals surface area contributed by atoms with Crippen LogP contribution in [0.1, 0.15) is 41.3 Å². The number of methoxy groups -OCH3 is 1. The molecule has 2 N–H and O–H groups in total. The van der Waals surface area contributed by atoms with Gasteiger partial charge in [0.1, 0.15) is 17.4 Å².